The second-order valence-corrected chi connectivity index (χ2v) is 11.9. The van der Waals surface area contributed by atoms with Crippen LogP contribution in [-0.2, 0) is 9.59 Å². The number of ketones is 2. The minimum atomic E-state index is 0.217. The van der Waals surface area contributed by atoms with Gasteiger partial charge in [-0.2, -0.15) is 0 Å². The molecule has 4 aliphatic rings. The molecule has 0 unspecified atom stereocenters. The topological polar surface area (TPSA) is 34.1 Å². The van der Waals surface area contributed by atoms with Gasteiger partial charge in [0.2, 0.25) is 0 Å². The van der Waals surface area contributed by atoms with Crippen LogP contribution in [0.4, 0.5) is 0 Å². The molecular weight excluding hydrogens is 356 g/mol. The van der Waals surface area contributed by atoms with Gasteiger partial charge in [-0.25, -0.2) is 0 Å². The first-order valence-corrected chi connectivity index (χ1v) is 12.4. The molecule has 0 heterocycles. The zero-order chi connectivity index (χ0) is 21.0. The molecule has 2 heteroatoms. The lowest BCUT2D eigenvalue weighted by Gasteiger charge is -2.59. The summed E-state index contributed by atoms with van der Waals surface area (Å²) in [4.78, 5) is 25.0. The van der Waals surface area contributed by atoms with Gasteiger partial charge >= 0.3 is 0 Å². The number of Topliss-reactive ketones (excluding diaryl/α,β-unsaturated/α-hetero) is 1. The van der Waals surface area contributed by atoms with E-state index in [1.165, 1.54) is 38.5 Å². The summed E-state index contributed by atoms with van der Waals surface area (Å²) in [6, 6.07) is 0. The molecule has 0 saturated heterocycles. The lowest BCUT2D eigenvalue weighted by atomic mass is 9.45. The molecule has 29 heavy (non-hydrogen) atoms. The van der Waals surface area contributed by atoms with Gasteiger partial charge in [0, 0.05) is 18.8 Å². The summed E-state index contributed by atoms with van der Waals surface area (Å²) in [5, 5.41) is 0. The standard InChI is InChI=1S/C27H42O2/c1-17(2)6-11-25(29)18(3)22-9-10-23-21-8-7-19-16-20(28)12-14-26(19,4)24(21)13-15-27(22,23)5/h12,14,17-19,21-24H,6-11,13,15-16H2,1-5H3/t18-,19-,21-,22+,23-,24-,26-,27+/m0/s1. The monoisotopic (exact) mass is 398 g/mol. The van der Waals surface area contributed by atoms with Crippen LogP contribution in [-0.4, -0.2) is 11.6 Å². The lowest BCUT2D eigenvalue weighted by molar-refractivity contribution is -0.129. The van der Waals surface area contributed by atoms with E-state index in [2.05, 4.69) is 40.7 Å². The van der Waals surface area contributed by atoms with Crippen molar-refractivity contribution < 1.29 is 9.59 Å². The molecule has 3 fully saturated rings. The number of allylic oxidation sites excluding steroid dienone is 2. The van der Waals surface area contributed by atoms with Gasteiger partial charge in [0.05, 0.1) is 0 Å². The van der Waals surface area contributed by atoms with Crippen LogP contribution < -0.4 is 0 Å². The Kier molecular flexibility index (Phi) is 5.62. The fraction of sp³-hybridized carbons (Fsp3) is 0.852. The normalized spacial score (nSPS) is 44.9. The molecule has 0 bridgehead atoms. The number of carbonyl (C=O) groups is 2. The minimum Gasteiger partial charge on any atom is -0.299 e. The number of carbonyl (C=O) groups excluding carboxylic acids is 2. The zero-order valence-corrected chi connectivity index (χ0v) is 19.4. The predicted molar refractivity (Wildman–Crippen MR) is 118 cm³/mol. The highest BCUT2D eigenvalue weighted by Gasteiger charge is 2.60. The first kappa shape index (κ1) is 21.3. The third-order valence-electron chi connectivity index (χ3n) is 10.2. The van der Waals surface area contributed by atoms with Crippen molar-refractivity contribution in [3.63, 3.8) is 0 Å². The molecule has 0 aromatic heterocycles. The summed E-state index contributed by atoms with van der Waals surface area (Å²) in [5.74, 6) is 5.10. The van der Waals surface area contributed by atoms with Gasteiger partial charge in [-0.15, -0.1) is 0 Å². The summed E-state index contributed by atoms with van der Waals surface area (Å²) in [6.07, 6.45) is 14.4. The van der Waals surface area contributed by atoms with Crippen molar-refractivity contribution in [1.82, 2.24) is 0 Å². The molecule has 0 radical (unpaired) electrons. The van der Waals surface area contributed by atoms with Crippen molar-refractivity contribution in [1.29, 1.82) is 0 Å². The fourth-order valence-corrected chi connectivity index (χ4v) is 8.38. The number of rotatable bonds is 5. The van der Waals surface area contributed by atoms with E-state index in [1.54, 1.807) is 0 Å². The SMILES string of the molecule is CC(C)CCC(=O)[C@@H](C)[C@H]1CC[C@H]2[C@@H]3CC[C@H]4CC(=O)C=C[C@]4(C)[C@H]3CC[C@]12C. The fourth-order valence-electron chi connectivity index (χ4n) is 8.38. The highest BCUT2D eigenvalue weighted by molar-refractivity contribution is 5.91. The van der Waals surface area contributed by atoms with E-state index in [-0.39, 0.29) is 11.3 Å². The van der Waals surface area contributed by atoms with E-state index in [0.717, 1.165) is 37.0 Å². The van der Waals surface area contributed by atoms with Gasteiger partial charge in [0.1, 0.15) is 5.78 Å². The summed E-state index contributed by atoms with van der Waals surface area (Å²) >= 11 is 0. The van der Waals surface area contributed by atoms with E-state index in [0.29, 0.717) is 34.7 Å². The van der Waals surface area contributed by atoms with Crippen LogP contribution in [0.25, 0.3) is 0 Å². The van der Waals surface area contributed by atoms with E-state index >= 15 is 0 Å². The summed E-state index contributed by atoms with van der Waals surface area (Å²) in [6.45, 7) is 11.7. The Morgan fingerprint density at radius 3 is 2.55 bits per heavy atom. The maximum Gasteiger partial charge on any atom is 0.155 e. The maximum absolute atomic E-state index is 13.0. The molecule has 162 valence electrons. The third-order valence-corrected chi connectivity index (χ3v) is 10.2. The average Bonchev–Trinajstić information content (AvgIpc) is 3.03. The maximum atomic E-state index is 13.0. The van der Waals surface area contributed by atoms with E-state index in [4.69, 9.17) is 0 Å². The van der Waals surface area contributed by atoms with Crippen molar-refractivity contribution in [2.45, 2.75) is 92.4 Å². The van der Waals surface area contributed by atoms with Crippen LogP contribution in [0, 0.1) is 52.3 Å². The van der Waals surface area contributed by atoms with Gasteiger partial charge in [0.25, 0.3) is 0 Å². The largest absolute Gasteiger partial charge is 0.299 e. The van der Waals surface area contributed by atoms with E-state index < -0.39 is 0 Å². The second kappa shape index (κ2) is 7.65. The van der Waals surface area contributed by atoms with Crippen LogP contribution in [0.5, 0.6) is 0 Å². The van der Waals surface area contributed by atoms with Crippen molar-refractivity contribution in [2.75, 3.05) is 0 Å². The van der Waals surface area contributed by atoms with Crippen molar-refractivity contribution in [2.24, 2.45) is 52.3 Å². The zero-order valence-electron chi connectivity index (χ0n) is 19.4. The molecule has 2 nitrogen and oxygen atoms in total. The predicted octanol–water partition coefficient (Wildman–Crippen LogP) is 6.63. The molecule has 3 saturated carbocycles. The van der Waals surface area contributed by atoms with Crippen molar-refractivity contribution >= 4 is 11.6 Å². The van der Waals surface area contributed by atoms with E-state index in [1.807, 2.05) is 6.08 Å². The number of hydrogen-bond donors (Lipinski definition) is 0. The van der Waals surface area contributed by atoms with E-state index in [9.17, 15) is 9.59 Å². The Hall–Kier alpha value is -0.920. The summed E-state index contributed by atoms with van der Waals surface area (Å²) < 4.78 is 0. The van der Waals surface area contributed by atoms with Gasteiger partial charge in [-0.1, -0.05) is 40.7 Å². The summed E-state index contributed by atoms with van der Waals surface area (Å²) in [5.41, 5.74) is 0.556. The van der Waals surface area contributed by atoms with Gasteiger partial charge in [-0.05, 0) is 97.4 Å². The molecule has 8 atom stereocenters. The summed E-state index contributed by atoms with van der Waals surface area (Å²) in [7, 11) is 0. The Balaban J connectivity index is 1.52. The van der Waals surface area contributed by atoms with Gasteiger partial charge in [-0.3, -0.25) is 9.59 Å². The molecule has 0 amide bonds. The molecule has 0 N–H and O–H groups in total. The van der Waals surface area contributed by atoms with Crippen LogP contribution in [0.15, 0.2) is 12.2 Å². The quantitative estimate of drug-likeness (QED) is 0.521. The Labute approximate surface area is 178 Å². The smallest absolute Gasteiger partial charge is 0.155 e. The molecule has 4 aliphatic carbocycles. The first-order valence-electron chi connectivity index (χ1n) is 12.4. The van der Waals surface area contributed by atoms with Crippen molar-refractivity contribution in [3.8, 4) is 0 Å². The molecule has 4 rings (SSSR count). The molecule has 0 spiro atoms. The molecule has 0 aliphatic heterocycles. The highest BCUT2D eigenvalue weighted by Crippen LogP contribution is 2.67. The van der Waals surface area contributed by atoms with Crippen LogP contribution in [0.1, 0.15) is 92.4 Å². The number of fused-ring (bicyclic) bond motifs is 5. The average molecular weight is 399 g/mol. The Morgan fingerprint density at radius 2 is 1.83 bits per heavy atom. The van der Waals surface area contributed by atoms with Crippen molar-refractivity contribution in [3.05, 3.63) is 12.2 Å². The third kappa shape index (κ3) is 3.47. The molecule has 0 aromatic carbocycles. The Bertz CT molecular complexity index is 691. The van der Waals surface area contributed by atoms with Crippen LogP contribution >= 0.6 is 0 Å². The lowest BCUT2D eigenvalue weighted by Crippen LogP contribution is -2.52. The highest BCUT2D eigenvalue weighted by atomic mass is 16.1. The molecule has 0 aromatic rings. The second-order valence-electron chi connectivity index (χ2n) is 11.9. The Morgan fingerprint density at radius 1 is 1.07 bits per heavy atom. The minimum absolute atomic E-state index is 0.217. The molecular formula is C27H42O2. The number of hydrogen-bond acceptors (Lipinski definition) is 2. The van der Waals surface area contributed by atoms with Gasteiger partial charge < -0.3 is 0 Å². The first-order chi connectivity index (χ1) is 13.7. The van der Waals surface area contributed by atoms with Gasteiger partial charge in [0.15, 0.2) is 5.78 Å². The van der Waals surface area contributed by atoms with Crippen LogP contribution in [0.3, 0.4) is 0 Å². The van der Waals surface area contributed by atoms with Crippen LogP contribution in [0.2, 0.25) is 0 Å².